The van der Waals surface area contributed by atoms with Gasteiger partial charge in [0.15, 0.2) is 0 Å². The second-order valence-corrected chi connectivity index (χ2v) is 12.4. The number of aromatic amines is 1. The average Bonchev–Trinajstić information content (AvgIpc) is 3.71. The summed E-state index contributed by atoms with van der Waals surface area (Å²) in [6.45, 7) is 0. The summed E-state index contributed by atoms with van der Waals surface area (Å²) in [5.74, 6) is 0.853. The Kier molecular flexibility index (Phi) is 6.11. The minimum Gasteiger partial charge on any atom is -0.354 e. The average molecular weight is 628 g/mol. The maximum absolute atomic E-state index is 5.46. The largest absolute Gasteiger partial charge is 0.354 e. The molecule has 6 aromatic carbocycles. The Morgan fingerprint density at radius 1 is 0.571 bits per heavy atom. The monoisotopic (exact) mass is 627 g/mol. The summed E-state index contributed by atoms with van der Waals surface area (Å²) >= 11 is 0. The van der Waals surface area contributed by atoms with Gasteiger partial charge in [-0.25, -0.2) is 9.97 Å². The lowest BCUT2D eigenvalue weighted by Crippen LogP contribution is -2.12. The van der Waals surface area contributed by atoms with Crippen molar-refractivity contribution in [2.75, 3.05) is 4.90 Å². The van der Waals surface area contributed by atoms with Gasteiger partial charge in [0, 0.05) is 44.8 Å². The maximum atomic E-state index is 5.46. The molecule has 0 saturated heterocycles. The molecule has 0 amide bonds. The highest BCUT2D eigenvalue weighted by Crippen LogP contribution is 2.41. The third kappa shape index (κ3) is 4.33. The van der Waals surface area contributed by atoms with Crippen LogP contribution >= 0.6 is 0 Å². The first-order chi connectivity index (χ1) is 24.3. The molecule has 230 valence electrons. The number of hydrogen-bond acceptors (Lipinski definition) is 3. The lowest BCUT2D eigenvalue weighted by molar-refractivity contribution is 1.18. The number of hydrogen-bond donors (Lipinski definition) is 1. The van der Waals surface area contributed by atoms with Crippen LogP contribution in [0.4, 0.5) is 17.2 Å². The molecule has 10 rings (SSSR count). The van der Waals surface area contributed by atoms with E-state index in [9.17, 15) is 0 Å². The van der Waals surface area contributed by atoms with Crippen molar-refractivity contribution in [3.63, 3.8) is 0 Å². The molecule has 0 radical (unpaired) electrons. The van der Waals surface area contributed by atoms with Crippen molar-refractivity contribution < 1.29 is 0 Å². The Morgan fingerprint density at radius 3 is 2.24 bits per heavy atom. The van der Waals surface area contributed by atoms with Crippen LogP contribution in [-0.2, 0) is 0 Å². The molecule has 0 aliphatic carbocycles. The Morgan fingerprint density at radius 2 is 1.35 bits per heavy atom. The predicted octanol–water partition coefficient (Wildman–Crippen LogP) is 11.5. The van der Waals surface area contributed by atoms with Crippen molar-refractivity contribution in [3.8, 4) is 16.9 Å². The second-order valence-electron chi connectivity index (χ2n) is 12.4. The molecule has 4 aromatic heterocycles. The van der Waals surface area contributed by atoms with Gasteiger partial charge in [-0.3, -0.25) is 4.90 Å². The summed E-state index contributed by atoms with van der Waals surface area (Å²) in [4.78, 5) is 16.2. The predicted molar refractivity (Wildman–Crippen MR) is 203 cm³/mol. The Bertz CT molecular complexity index is 2830. The van der Waals surface area contributed by atoms with E-state index < -0.39 is 0 Å². The number of aromatic nitrogens is 4. The van der Waals surface area contributed by atoms with Gasteiger partial charge >= 0.3 is 0 Å². The third-order valence-electron chi connectivity index (χ3n) is 9.55. The van der Waals surface area contributed by atoms with Crippen LogP contribution in [0.25, 0.3) is 71.5 Å². The van der Waals surface area contributed by atoms with E-state index in [1.54, 1.807) is 0 Å². The van der Waals surface area contributed by atoms with Crippen LogP contribution in [0.1, 0.15) is 0 Å². The summed E-state index contributed by atoms with van der Waals surface area (Å²) in [5.41, 5.74) is 10.5. The van der Waals surface area contributed by atoms with Gasteiger partial charge in [0.1, 0.15) is 5.82 Å². The van der Waals surface area contributed by atoms with Crippen LogP contribution in [0.3, 0.4) is 0 Å². The molecule has 0 fully saturated rings. The minimum atomic E-state index is 0.853. The van der Waals surface area contributed by atoms with E-state index in [-0.39, 0.29) is 0 Å². The van der Waals surface area contributed by atoms with Gasteiger partial charge in [0.25, 0.3) is 0 Å². The first kappa shape index (κ1) is 27.4. The Hall–Kier alpha value is -6.72. The summed E-state index contributed by atoms with van der Waals surface area (Å²) < 4.78 is 2.33. The van der Waals surface area contributed by atoms with Crippen LogP contribution in [0.5, 0.6) is 0 Å². The summed E-state index contributed by atoms with van der Waals surface area (Å²) in [6, 6.07) is 57.5. The number of para-hydroxylation sites is 2. The van der Waals surface area contributed by atoms with E-state index in [2.05, 4.69) is 166 Å². The van der Waals surface area contributed by atoms with Gasteiger partial charge in [-0.05, 0) is 72.1 Å². The lowest BCUT2D eigenvalue weighted by atomic mass is 10.1. The van der Waals surface area contributed by atoms with Crippen molar-refractivity contribution in [1.29, 1.82) is 0 Å². The van der Waals surface area contributed by atoms with Gasteiger partial charge in [-0.2, -0.15) is 0 Å². The first-order valence-corrected chi connectivity index (χ1v) is 16.5. The number of fused-ring (bicyclic) bond motifs is 8. The lowest BCUT2D eigenvalue weighted by Gasteiger charge is -2.26. The van der Waals surface area contributed by atoms with E-state index in [1.165, 1.54) is 16.2 Å². The number of H-pyrrole nitrogens is 1. The van der Waals surface area contributed by atoms with Gasteiger partial charge in [-0.1, -0.05) is 97.1 Å². The molecule has 10 aromatic rings. The fourth-order valence-electron chi connectivity index (χ4n) is 7.38. The first-order valence-electron chi connectivity index (χ1n) is 16.5. The molecular weight excluding hydrogens is 599 g/mol. The standard InChI is InChI=1S/C44H29N5/c1-2-15-31(16-3-1)48-39-25-23-35-34-19-6-7-20-37(34)47-43(35)42(39)44-40(48)26-24-36(46-44)30-14-10-17-32(28-30)49(41-22-8-9-27-45-41)38-21-11-13-29-12-4-5-18-33(29)38/h1-28,47H. The normalized spacial score (nSPS) is 11.7. The number of nitrogens with one attached hydrogen (secondary N) is 1. The minimum absolute atomic E-state index is 0.853. The van der Waals surface area contributed by atoms with Gasteiger partial charge in [0.2, 0.25) is 0 Å². The molecule has 0 aliphatic heterocycles. The molecule has 0 atom stereocenters. The molecule has 0 saturated carbocycles. The SMILES string of the molecule is c1ccc(-n2c3ccc(-c4cccc(N(c5ccccn5)c5cccc6ccccc56)c4)nc3c3c4[nH]c5ccccc5c4ccc32)cc1. The molecular formula is C44H29N5. The zero-order valence-electron chi connectivity index (χ0n) is 26.5. The smallest absolute Gasteiger partial charge is 0.137 e. The molecule has 5 nitrogen and oxygen atoms in total. The Balaban J connectivity index is 1.21. The van der Waals surface area contributed by atoms with Gasteiger partial charge in [-0.15, -0.1) is 0 Å². The van der Waals surface area contributed by atoms with E-state index >= 15 is 0 Å². The number of rotatable bonds is 5. The maximum Gasteiger partial charge on any atom is 0.137 e. The summed E-state index contributed by atoms with van der Waals surface area (Å²) in [6.07, 6.45) is 1.85. The molecule has 0 unspecified atom stereocenters. The highest BCUT2D eigenvalue weighted by Gasteiger charge is 2.20. The fraction of sp³-hybridized carbons (Fsp3) is 0. The van der Waals surface area contributed by atoms with Crippen molar-refractivity contribution in [3.05, 3.63) is 170 Å². The molecule has 1 N–H and O–H groups in total. The van der Waals surface area contributed by atoms with E-state index in [0.29, 0.717) is 0 Å². The number of benzene rings is 6. The molecule has 4 heterocycles. The molecule has 0 spiro atoms. The Labute approximate surface area is 282 Å². The zero-order chi connectivity index (χ0) is 32.3. The van der Waals surface area contributed by atoms with E-state index in [1.807, 2.05) is 18.3 Å². The fourth-order valence-corrected chi connectivity index (χ4v) is 7.38. The van der Waals surface area contributed by atoms with E-state index in [0.717, 1.165) is 72.5 Å². The van der Waals surface area contributed by atoms with Crippen LogP contribution in [-0.4, -0.2) is 19.5 Å². The second kappa shape index (κ2) is 10.9. The van der Waals surface area contributed by atoms with Crippen LogP contribution < -0.4 is 4.90 Å². The van der Waals surface area contributed by atoms with Crippen LogP contribution in [0, 0.1) is 0 Å². The number of nitrogens with zero attached hydrogens (tertiary/aromatic N) is 4. The number of anilines is 3. The summed E-state index contributed by atoms with van der Waals surface area (Å²) in [5, 5.41) is 5.88. The molecule has 49 heavy (non-hydrogen) atoms. The summed E-state index contributed by atoms with van der Waals surface area (Å²) in [7, 11) is 0. The van der Waals surface area contributed by atoms with Crippen LogP contribution in [0.2, 0.25) is 0 Å². The van der Waals surface area contributed by atoms with Gasteiger partial charge in [0.05, 0.1) is 38.8 Å². The molecule has 0 aliphatic rings. The van der Waals surface area contributed by atoms with Crippen molar-refractivity contribution in [2.24, 2.45) is 0 Å². The topological polar surface area (TPSA) is 49.7 Å². The van der Waals surface area contributed by atoms with Crippen molar-refractivity contribution in [1.82, 2.24) is 19.5 Å². The zero-order valence-corrected chi connectivity index (χ0v) is 26.5. The highest BCUT2D eigenvalue weighted by molar-refractivity contribution is 6.24. The highest BCUT2D eigenvalue weighted by atomic mass is 15.2. The van der Waals surface area contributed by atoms with Gasteiger partial charge < -0.3 is 9.55 Å². The van der Waals surface area contributed by atoms with E-state index in [4.69, 9.17) is 9.97 Å². The quantitative estimate of drug-likeness (QED) is 0.207. The number of pyridine rings is 2. The third-order valence-corrected chi connectivity index (χ3v) is 9.55. The molecule has 0 bridgehead atoms. The molecule has 5 heteroatoms. The van der Waals surface area contributed by atoms with Crippen molar-refractivity contribution >= 4 is 71.7 Å². The van der Waals surface area contributed by atoms with Crippen LogP contribution in [0.15, 0.2) is 170 Å². The van der Waals surface area contributed by atoms with Crippen molar-refractivity contribution in [2.45, 2.75) is 0 Å².